The summed E-state index contributed by atoms with van der Waals surface area (Å²) >= 11 is 5.88. The first-order valence-electron chi connectivity index (χ1n) is 5.01. The standard InChI is InChI=1S/C10H19ClO/c1-3-8(4-2)10-9(7-11)5-6-12-10/h8-10H,3-7H2,1-2H3. The maximum Gasteiger partial charge on any atom is 0.0643 e. The van der Waals surface area contributed by atoms with Crippen molar-refractivity contribution in [1.82, 2.24) is 0 Å². The van der Waals surface area contributed by atoms with Crippen LogP contribution in [0.4, 0.5) is 0 Å². The Morgan fingerprint density at radius 2 is 2.08 bits per heavy atom. The van der Waals surface area contributed by atoms with Crippen molar-refractivity contribution < 1.29 is 4.74 Å². The molecule has 2 unspecified atom stereocenters. The summed E-state index contributed by atoms with van der Waals surface area (Å²) in [6, 6.07) is 0. The fourth-order valence-corrected chi connectivity index (χ4v) is 2.42. The monoisotopic (exact) mass is 190 g/mol. The quantitative estimate of drug-likeness (QED) is 0.620. The highest BCUT2D eigenvalue weighted by atomic mass is 35.5. The molecule has 2 heteroatoms. The first-order valence-corrected chi connectivity index (χ1v) is 5.54. The van der Waals surface area contributed by atoms with Gasteiger partial charge in [0.05, 0.1) is 6.10 Å². The summed E-state index contributed by atoms with van der Waals surface area (Å²) in [4.78, 5) is 0. The molecule has 0 aromatic heterocycles. The van der Waals surface area contributed by atoms with Gasteiger partial charge >= 0.3 is 0 Å². The Balaban J connectivity index is 2.47. The zero-order valence-corrected chi connectivity index (χ0v) is 8.81. The third-order valence-electron chi connectivity index (χ3n) is 2.98. The van der Waals surface area contributed by atoms with Crippen molar-refractivity contribution in [3.05, 3.63) is 0 Å². The number of hydrogen-bond donors (Lipinski definition) is 0. The summed E-state index contributed by atoms with van der Waals surface area (Å²) in [6.07, 6.45) is 4.03. The number of hydrogen-bond acceptors (Lipinski definition) is 1. The molecular weight excluding hydrogens is 172 g/mol. The van der Waals surface area contributed by atoms with E-state index in [2.05, 4.69) is 13.8 Å². The van der Waals surface area contributed by atoms with Crippen molar-refractivity contribution in [2.24, 2.45) is 11.8 Å². The van der Waals surface area contributed by atoms with E-state index in [-0.39, 0.29) is 0 Å². The molecule has 1 rings (SSSR count). The molecule has 0 amide bonds. The van der Waals surface area contributed by atoms with E-state index in [1.54, 1.807) is 0 Å². The Morgan fingerprint density at radius 3 is 2.58 bits per heavy atom. The summed E-state index contributed by atoms with van der Waals surface area (Å²) in [6.45, 7) is 5.39. The zero-order chi connectivity index (χ0) is 8.97. The molecule has 0 aliphatic carbocycles. The smallest absolute Gasteiger partial charge is 0.0643 e. The van der Waals surface area contributed by atoms with E-state index in [9.17, 15) is 0 Å². The lowest BCUT2D eigenvalue weighted by Gasteiger charge is -2.24. The second kappa shape index (κ2) is 5.08. The van der Waals surface area contributed by atoms with Crippen LogP contribution < -0.4 is 0 Å². The normalized spacial score (nSPS) is 30.0. The van der Waals surface area contributed by atoms with Gasteiger partial charge in [-0.15, -0.1) is 11.6 Å². The molecule has 0 spiro atoms. The second-order valence-corrected chi connectivity index (χ2v) is 3.92. The van der Waals surface area contributed by atoms with E-state index < -0.39 is 0 Å². The van der Waals surface area contributed by atoms with Crippen molar-refractivity contribution in [3.63, 3.8) is 0 Å². The van der Waals surface area contributed by atoms with Crippen molar-refractivity contribution in [3.8, 4) is 0 Å². The van der Waals surface area contributed by atoms with E-state index in [1.165, 1.54) is 12.8 Å². The van der Waals surface area contributed by atoms with Crippen LogP contribution in [0.1, 0.15) is 33.1 Å². The summed E-state index contributed by atoms with van der Waals surface area (Å²) in [5, 5.41) is 0. The minimum absolute atomic E-state index is 0.442. The van der Waals surface area contributed by atoms with Crippen LogP contribution in [-0.4, -0.2) is 18.6 Å². The van der Waals surface area contributed by atoms with Crippen molar-refractivity contribution in [2.75, 3.05) is 12.5 Å². The van der Waals surface area contributed by atoms with Crippen molar-refractivity contribution in [2.45, 2.75) is 39.2 Å². The third-order valence-corrected chi connectivity index (χ3v) is 3.37. The highest BCUT2D eigenvalue weighted by molar-refractivity contribution is 6.18. The highest BCUT2D eigenvalue weighted by Gasteiger charge is 2.32. The van der Waals surface area contributed by atoms with Crippen molar-refractivity contribution in [1.29, 1.82) is 0 Å². The van der Waals surface area contributed by atoms with Gasteiger partial charge in [-0.05, 0) is 12.3 Å². The largest absolute Gasteiger partial charge is 0.378 e. The van der Waals surface area contributed by atoms with Gasteiger partial charge in [-0.1, -0.05) is 26.7 Å². The predicted octanol–water partition coefficient (Wildman–Crippen LogP) is 3.07. The van der Waals surface area contributed by atoms with Crippen LogP contribution in [-0.2, 0) is 4.74 Å². The molecule has 0 aromatic carbocycles. The Bertz CT molecular complexity index is 123. The first kappa shape index (κ1) is 10.3. The number of rotatable bonds is 4. The van der Waals surface area contributed by atoms with E-state index in [4.69, 9.17) is 16.3 Å². The molecular formula is C10H19ClO. The molecule has 1 nitrogen and oxygen atoms in total. The molecule has 0 aromatic rings. The Kier molecular flexibility index (Phi) is 4.38. The lowest BCUT2D eigenvalue weighted by atomic mass is 9.88. The van der Waals surface area contributed by atoms with E-state index in [1.807, 2.05) is 0 Å². The molecule has 0 radical (unpaired) electrons. The van der Waals surface area contributed by atoms with Crippen LogP contribution in [0.25, 0.3) is 0 Å². The SMILES string of the molecule is CCC(CC)C1OCCC1CCl. The molecule has 2 atom stereocenters. The van der Waals surface area contributed by atoms with Gasteiger partial charge in [0.15, 0.2) is 0 Å². The molecule has 1 aliphatic rings. The molecule has 1 saturated heterocycles. The Labute approximate surface area is 80.4 Å². The fourth-order valence-electron chi connectivity index (χ4n) is 2.10. The number of halogens is 1. The molecule has 0 N–H and O–H groups in total. The number of alkyl halides is 1. The lowest BCUT2D eigenvalue weighted by Crippen LogP contribution is -2.26. The first-order chi connectivity index (χ1) is 5.83. The molecule has 1 heterocycles. The van der Waals surface area contributed by atoms with Gasteiger partial charge in [0, 0.05) is 18.4 Å². The minimum atomic E-state index is 0.442. The second-order valence-electron chi connectivity index (χ2n) is 3.62. The molecule has 72 valence electrons. The van der Waals surface area contributed by atoms with Gasteiger partial charge in [0.1, 0.15) is 0 Å². The van der Waals surface area contributed by atoms with Crippen LogP contribution in [0.5, 0.6) is 0 Å². The van der Waals surface area contributed by atoms with Gasteiger partial charge < -0.3 is 4.74 Å². The topological polar surface area (TPSA) is 9.23 Å². The van der Waals surface area contributed by atoms with Gasteiger partial charge in [0.25, 0.3) is 0 Å². The van der Waals surface area contributed by atoms with Gasteiger partial charge in [-0.25, -0.2) is 0 Å². The van der Waals surface area contributed by atoms with Gasteiger partial charge in [-0.3, -0.25) is 0 Å². The summed E-state index contributed by atoms with van der Waals surface area (Å²) < 4.78 is 5.72. The van der Waals surface area contributed by atoms with Gasteiger partial charge in [0.2, 0.25) is 0 Å². The number of ether oxygens (including phenoxy) is 1. The molecule has 1 fully saturated rings. The third kappa shape index (κ3) is 2.14. The average molecular weight is 191 g/mol. The maximum atomic E-state index is 5.88. The zero-order valence-electron chi connectivity index (χ0n) is 8.05. The van der Waals surface area contributed by atoms with E-state index >= 15 is 0 Å². The highest BCUT2D eigenvalue weighted by Crippen LogP contribution is 2.31. The Morgan fingerprint density at radius 1 is 1.42 bits per heavy atom. The fraction of sp³-hybridized carbons (Fsp3) is 1.00. The summed E-state index contributed by atoms with van der Waals surface area (Å²) in [5.41, 5.74) is 0. The van der Waals surface area contributed by atoms with Crippen LogP contribution in [0, 0.1) is 11.8 Å². The van der Waals surface area contributed by atoms with E-state index in [0.717, 1.165) is 24.8 Å². The predicted molar refractivity (Wildman–Crippen MR) is 52.6 cm³/mol. The molecule has 0 bridgehead atoms. The maximum absolute atomic E-state index is 5.88. The van der Waals surface area contributed by atoms with Gasteiger partial charge in [-0.2, -0.15) is 0 Å². The van der Waals surface area contributed by atoms with Crippen LogP contribution in [0.15, 0.2) is 0 Å². The average Bonchev–Trinajstić information content (AvgIpc) is 2.55. The van der Waals surface area contributed by atoms with E-state index in [0.29, 0.717) is 12.0 Å². The molecule has 12 heavy (non-hydrogen) atoms. The van der Waals surface area contributed by atoms with Crippen LogP contribution in [0.3, 0.4) is 0 Å². The molecule has 0 saturated carbocycles. The summed E-state index contributed by atoms with van der Waals surface area (Å²) in [5.74, 6) is 2.09. The Hall–Kier alpha value is 0.250. The minimum Gasteiger partial charge on any atom is -0.378 e. The van der Waals surface area contributed by atoms with Crippen molar-refractivity contribution >= 4 is 11.6 Å². The summed E-state index contributed by atoms with van der Waals surface area (Å²) in [7, 11) is 0. The molecule has 1 aliphatic heterocycles. The van der Waals surface area contributed by atoms with Crippen LogP contribution >= 0.6 is 11.6 Å². The lowest BCUT2D eigenvalue weighted by molar-refractivity contribution is 0.0425. The van der Waals surface area contributed by atoms with Crippen LogP contribution in [0.2, 0.25) is 0 Å².